The molecule has 2 aliphatic rings. The van der Waals surface area contributed by atoms with Crippen molar-refractivity contribution in [1.82, 2.24) is 0 Å². The number of rotatable bonds is 0. The lowest BCUT2D eigenvalue weighted by molar-refractivity contribution is 0.668. The van der Waals surface area contributed by atoms with Gasteiger partial charge in [0, 0.05) is 6.21 Å². The first-order valence-corrected chi connectivity index (χ1v) is 3.29. The predicted molar refractivity (Wildman–Crippen MR) is 41.6 cm³/mol. The highest BCUT2D eigenvalue weighted by atomic mass is 35.5. The van der Waals surface area contributed by atoms with Gasteiger partial charge in [0.1, 0.15) is 0 Å². The molecule has 2 aliphatic heterocycles. The van der Waals surface area contributed by atoms with Crippen molar-refractivity contribution in [2.24, 2.45) is 25.9 Å². The molecule has 0 aromatic carbocycles. The highest BCUT2D eigenvalue weighted by Gasteiger charge is 2.25. The Bertz CT molecular complexity index is 311. The van der Waals surface area contributed by atoms with Crippen molar-refractivity contribution >= 4 is 23.7 Å². The predicted octanol–water partition coefficient (Wildman–Crippen LogP) is 0.628. The molecule has 0 spiro atoms. The summed E-state index contributed by atoms with van der Waals surface area (Å²) in [5.74, 6) is 0.442. The second-order valence-corrected chi connectivity index (χ2v) is 2.69. The van der Waals surface area contributed by atoms with Crippen molar-refractivity contribution in [3.05, 3.63) is 11.8 Å². The summed E-state index contributed by atoms with van der Waals surface area (Å²) in [6.45, 7) is 0. The maximum atomic E-state index is 5.60. The van der Waals surface area contributed by atoms with Crippen molar-refractivity contribution < 1.29 is 0 Å². The van der Waals surface area contributed by atoms with Gasteiger partial charge in [0.15, 0.2) is 5.84 Å². The van der Waals surface area contributed by atoms with Gasteiger partial charge in [-0.3, -0.25) is 5.73 Å². The molecule has 2 N–H and O–H groups in total. The van der Waals surface area contributed by atoms with Crippen LogP contribution in [0.5, 0.6) is 0 Å². The van der Waals surface area contributed by atoms with Gasteiger partial charge in [-0.2, -0.15) is 5.11 Å². The highest BCUT2D eigenvalue weighted by molar-refractivity contribution is 6.27. The first-order chi connectivity index (χ1) is 5.17. The van der Waals surface area contributed by atoms with Crippen LogP contribution in [-0.2, 0) is 0 Å². The van der Waals surface area contributed by atoms with Crippen LogP contribution in [0, 0.1) is 0 Å². The molecule has 0 aromatic rings. The summed E-state index contributed by atoms with van der Waals surface area (Å²) in [5, 5.41) is 5.91. The van der Waals surface area contributed by atoms with Crippen molar-refractivity contribution in [2.75, 3.05) is 0 Å². The van der Waals surface area contributed by atoms with E-state index in [2.05, 4.69) is 20.2 Å². The normalized spacial score (nSPS) is 33.3. The number of fused-ring (bicyclic) bond motifs is 1. The van der Waals surface area contributed by atoms with E-state index in [0.29, 0.717) is 5.84 Å². The zero-order valence-electron chi connectivity index (χ0n) is 5.40. The van der Waals surface area contributed by atoms with Crippen molar-refractivity contribution in [3.8, 4) is 0 Å². The minimum atomic E-state index is -1.39. The van der Waals surface area contributed by atoms with E-state index in [1.807, 2.05) is 0 Å². The summed E-state index contributed by atoms with van der Waals surface area (Å²) < 4.78 is 0. The van der Waals surface area contributed by atoms with Crippen LogP contribution in [0.3, 0.4) is 0 Å². The van der Waals surface area contributed by atoms with E-state index in [1.54, 1.807) is 6.20 Å². The van der Waals surface area contributed by atoms with Gasteiger partial charge in [0.25, 0.3) is 5.25 Å². The summed E-state index contributed by atoms with van der Waals surface area (Å²) in [6.07, 6.45) is 3.06. The molecular weight excluding hydrogens is 166 g/mol. The molecule has 11 heavy (non-hydrogen) atoms. The van der Waals surface area contributed by atoms with Gasteiger partial charge in [0.2, 0.25) is 0 Å². The molecule has 2 rings (SSSR count). The molecule has 56 valence electrons. The molecule has 0 amide bonds. The first-order valence-electron chi connectivity index (χ1n) is 2.92. The van der Waals surface area contributed by atoms with Crippen molar-refractivity contribution in [2.45, 2.75) is 5.25 Å². The van der Waals surface area contributed by atoms with E-state index < -0.39 is 5.25 Å². The van der Waals surface area contributed by atoms with Crippen molar-refractivity contribution in [3.63, 3.8) is 0 Å². The molecule has 1 unspecified atom stereocenters. The fourth-order valence-corrected chi connectivity index (χ4v) is 0.906. The zero-order chi connectivity index (χ0) is 7.90. The van der Waals surface area contributed by atoms with E-state index in [-0.39, 0.29) is 0 Å². The quantitative estimate of drug-likeness (QED) is 0.419. The molecule has 5 nitrogen and oxygen atoms in total. The minimum absolute atomic E-state index is 0.442. The van der Waals surface area contributed by atoms with Gasteiger partial charge >= 0.3 is 0 Å². The number of amidine groups is 1. The van der Waals surface area contributed by atoms with Crippen LogP contribution in [0.25, 0.3) is 0 Å². The second-order valence-electron chi connectivity index (χ2n) is 2.13. The largest absolute Gasteiger partial charge is 0.284 e. The molecular formula is C5H4ClN5. The lowest BCUT2D eigenvalue weighted by Crippen LogP contribution is -2.32. The summed E-state index contributed by atoms with van der Waals surface area (Å²) in [5.41, 5.74) is 6.13. The van der Waals surface area contributed by atoms with Gasteiger partial charge in [-0.05, 0) is 0 Å². The van der Waals surface area contributed by atoms with Crippen LogP contribution in [0.15, 0.2) is 32.0 Å². The number of halogens is 1. The summed E-state index contributed by atoms with van der Waals surface area (Å²) in [6, 6.07) is 0. The van der Waals surface area contributed by atoms with Crippen LogP contribution in [0.2, 0.25) is 0 Å². The molecule has 0 saturated heterocycles. The Hall–Kier alpha value is -1.07. The molecule has 0 bridgehead atoms. The zero-order valence-corrected chi connectivity index (χ0v) is 6.15. The Kier molecular flexibility index (Phi) is 1.18. The Balaban J connectivity index is 2.45. The Morgan fingerprint density at radius 1 is 1.55 bits per heavy atom. The third-order valence-electron chi connectivity index (χ3n) is 1.25. The van der Waals surface area contributed by atoms with E-state index in [1.165, 1.54) is 6.21 Å². The smallest absolute Gasteiger partial charge is 0.274 e. The van der Waals surface area contributed by atoms with Gasteiger partial charge in [-0.1, -0.05) is 11.6 Å². The Morgan fingerprint density at radius 3 is 3.18 bits per heavy atom. The SMILES string of the molecule is NC1(Cl)N=CC2=CN=NC2=N1. The first kappa shape index (κ1) is 6.63. The van der Waals surface area contributed by atoms with E-state index in [4.69, 9.17) is 17.3 Å². The molecule has 0 saturated carbocycles. The van der Waals surface area contributed by atoms with Gasteiger partial charge in [-0.25, -0.2) is 9.98 Å². The Morgan fingerprint density at radius 2 is 2.36 bits per heavy atom. The number of aliphatic imine (C=N–C) groups is 2. The van der Waals surface area contributed by atoms with Crippen LogP contribution < -0.4 is 5.73 Å². The molecule has 6 heteroatoms. The lowest BCUT2D eigenvalue weighted by atomic mass is 10.3. The summed E-state index contributed by atoms with van der Waals surface area (Å²) in [4.78, 5) is 7.56. The molecule has 0 aromatic heterocycles. The molecule has 0 fully saturated rings. The maximum Gasteiger partial charge on any atom is 0.284 e. The Labute approximate surface area is 67.4 Å². The molecule has 0 radical (unpaired) electrons. The average molecular weight is 170 g/mol. The van der Waals surface area contributed by atoms with E-state index in [9.17, 15) is 0 Å². The summed E-state index contributed by atoms with van der Waals surface area (Å²) >= 11 is 5.60. The van der Waals surface area contributed by atoms with Crippen LogP contribution in [0.1, 0.15) is 0 Å². The number of nitrogens with zero attached hydrogens (tertiary/aromatic N) is 4. The average Bonchev–Trinajstić information content (AvgIpc) is 2.31. The molecule has 0 aliphatic carbocycles. The van der Waals surface area contributed by atoms with Gasteiger partial charge in [-0.15, -0.1) is 5.11 Å². The van der Waals surface area contributed by atoms with Crippen LogP contribution in [0.4, 0.5) is 0 Å². The topological polar surface area (TPSA) is 75.5 Å². The number of alkyl halides is 1. The molecule has 1 atom stereocenters. The second kappa shape index (κ2) is 1.96. The monoisotopic (exact) mass is 169 g/mol. The fraction of sp³-hybridized carbons (Fsp3) is 0.200. The minimum Gasteiger partial charge on any atom is -0.274 e. The third-order valence-corrected chi connectivity index (χ3v) is 1.44. The third kappa shape index (κ3) is 1.08. The van der Waals surface area contributed by atoms with Crippen molar-refractivity contribution in [1.29, 1.82) is 0 Å². The number of hydrogen-bond donors (Lipinski definition) is 1. The van der Waals surface area contributed by atoms with E-state index in [0.717, 1.165) is 5.57 Å². The molecule has 2 heterocycles. The number of hydrogen-bond acceptors (Lipinski definition) is 5. The van der Waals surface area contributed by atoms with Gasteiger partial charge in [0.05, 0.1) is 11.8 Å². The summed E-state index contributed by atoms with van der Waals surface area (Å²) in [7, 11) is 0. The van der Waals surface area contributed by atoms with Crippen LogP contribution in [-0.4, -0.2) is 17.3 Å². The van der Waals surface area contributed by atoms with Crippen LogP contribution >= 0.6 is 11.6 Å². The fourth-order valence-electron chi connectivity index (χ4n) is 0.777. The van der Waals surface area contributed by atoms with E-state index >= 15 is 0 Å². The highest BCUT2D eigenvalue weighted by Crippen LogP contribution is 2.20. The number of nitrogens with two attached hydrogens (primary N) is 1. The maximum absolute atomic E-state index is 5.60. The number of azo groups is 1. The standard InChI is InChI=1S/C5H4ClN5/c6-5(7)8-1-3-2-9-11-4(3)10-5/h1-2H,7H2. The lowest BCUT2D eigenvalue weighted by Gasteiger charge is -2.14. The van der Waals surface area contributed by atoms with Gasteiger partial charge < -0.3 is 0 Å².